The van der Waals surface area contributed by atoms with Gasteiger partial charge < -0.3 is 5.11 Å². The van der Waals surface area contributed by atoms with Crippen molar-refractivity contribution in [3.05, 3.63) is 75.8 Å². The van der Waals surface area contributed by atoms with Crippen molar-refractivity contribution in [2.24, 2.45) is 0 Å². The molecule has 0 saturated heterocycles. The number of ketones is 1. The van der Waals surface area contributed by atoms with Gasteiger partial charge in [-0.3, -0.25) is 9.89 Å². The van der Waals surface area contributed by atoms with E-state index in [-0.39, 0.29) is 17.4 Å². The summed E-state index contributed by atoms with van der Waals surface area (Å²) in [6.45, 7) is 0. The molecule has 0 bridgehead atoms. The van der Waals surface area contributed by atoms with Crippen molar-refractivity contribution in [3.63, 3.8) is 0 Å². The van der Waals surface area contributed by atoms with Crippen LogP contribution in [0.5, 0.6) is 0 Å². The van der Waals surface area contributed by atoms with Gasteiger partial charge in [-0.2, -0.15) is 5.10 Å². The second-order valence-corrected chi connectivity index (χ2v) is 5.79. The molecule has 0 amide bonds. The van der Waals surface area contributed by atoms with Crippen LogP contribution in [-0.2, 0) is 6.42 Å². The Morgan fingerprint density at radius 3 is 3.00 bits per heavy atom. The Morgan fingerprint density at radius 1 is 1.39 bits per heavy atom. The average molecular weight is 329 g/mol. The maximum absolute atomic E-state index is 13.3. The number of carbonyl (C=O) groups is 1. The molecular weight excluding hydrogens is 317 g/mol. The number of aliphatic hydroxyl groups is 1. The third-order valence-corrected chi connectivity index (χ3v) is 4.11. The van der Waals surface area contributed by atoms with Crippen LogP contribution in [0, 0.1) is 5.82 Å². The van der Waals surface area contributed by atoms with Gasteiger partial charge in [-0.15, -0.1) is 11.3 Å². The summed E-state index contributed by atoms with van der Waals surface area (Å²) in [5.74, 6) is -0.874. The van der Waals surface area contributed by atoms with Crippen molar-refractivity contribution < 1.29 is 14.3 Å². The minimum atomic E-state index is -0.470. The van der Waals surface area contributed by atoms with Gasteiger partial charge in [0.25, 0.3) is 0 Å². The topological polar surface area (TPSA) is 78.9 Å². The van der Waals surface area contributed by atoms with Gasteiger partial charge in [-0.25, -0.2) is 9.37 Å². The average Bonchev–Trinajstić information content (AvgIpc) is 3.18. The van der Waals surface area contributed by atoms with E-state index in [9.17, 15) is 14.3 Å². The minimum Gasteiger partial charge on any atom is -0.507 e. The number of aliphatic hydroxyl groups excluding tert-OH is 1. The lowest BCUT2D eigenvalue weighted by atomic mass is 10.1. The molecule has 0 aliphatic rings. The zero-order valence-electron chi connectivity index (χ0n) is 11.9. The number of halogens is 1. The number of aromatic amines is 1. The van der Waals surface area contributed by atoms with Crippen LogP contribution in [-0.4, -0.2) is 26.1 Å². The summed E-state index contributed by atoms with van der Waals surface area (Å²) in [5, 5.41) is 18.1. The van der Waals surface area contributed by atoms with Crippen LogP contribution < -0.4 is 0 Å². The molecule has 116 valence electrons. The number of nitrogens with one attached hydrogen (secondary N) is 1. The van der Waals surface area contributed by atoms with Gasteiger partial charge in [-0.1, -0.05) is 12.1 Å². The smallest absolute Gasteiger partial charge is 0.226 e. The van der Waals surface area contributed by atoms with E-state index in [1.165, 1.54) is 29.8 Å². The maximum Gasteiger partial charge on any atom is 0.226 e. The number of hydrogen-bond acceptors (Lipinski definition) is 5. The number of thiophene rings is 1. The van der Waals surface area contributed by atoms with E-state index >= 15 is 0 Å². The summed E-state index contributed by atoms with van der Waals surface area (Å²) in [7, 11) is 0. The van der Waals surface area contributed by atoms with Crippen molar-refractivity contribution in [1.29, 1.82) is 0 Å². The van der Waals surface area contributed by atoms with Crippen LogP contribution in [0.15, 0.2) is 48.1 Å². The quantitative estimate of drug-likeness (QED) is 0.427. The summed E-state index contributed by atoms with van der Waals surface area (Å²) < 4.78 is 13.3. The van der Waals surface area contributed by atoms with Gasteiger partial charge in [0.15, 0.2) is 5.82 Å². The van der Waals surface area contributed by atoms with Crippen molar-refractivity contribution in [2.75, 3.05) is 0 Å². The molecule has 0 unspecified atom stereocenters. The Labute approximate surface area is 135 Å². The molecule has 0 saturated carbocycles. The van der Waals surface area contributed by atoms with Crippen LogP contribution in [0.4, 0.5) is 4.39 Å². The van der Waals surface area contributed by atoms with E-state index in [2.05, 4.69) is 15.2 Å². The second-order valence-electron chi connectivity index (χ2n) is 4.79. The predicted molar refractivity (Wildman–Crippen MR) is 84.8 cm³/mol. The fourth-order valence-corrected chi connectivity index (χ4v) is 3.05. The fourth-order valence-electron chi connectivity index (χ4n) is 2.13. The zero-order valence-corrected chi connectivity index (χ0v) is 12.7. The molecule has 0 fully saturated rings. The molecule has 1 aromatic carbocycles. The van der Waals surface area contributed by atoms with Crippen molar-refractivity contribution in [3.8, 4) is 0 Å². The highest BCUT2D eigenvalue weighted by Crippen LogP contribution is 2.26. The lowest BCUT2D eigenvalue weighted by Crippen LogP contribution is -2.00. The van der Waals surface area contributed by atoms with E-state index in [0.29, 0.717) is 12.0 Å². The monoisotopic (exact) mass is 329 g/mol. The number of aromatic nitrogens is 3. The summed E-state index contributed by atoms with van der Waals surface area (Å²) >= 11 is 1.43. The van der Waals surface area contributed by atoms with Gasteiger partial charge in [0.05, 0.1) is 0 Å². The number of carbonyl (C=O) groups excluding carboxylic acids is 1. The van der Waals surface area contributed by atoms with Crippen LogP contribution in [0.2, 0.25) is 0 Å². The highest BCUT2D eigenvalue weighted by atomic mass is 32.1. The number of rotatable bonds is 5. The Hall–Kier alpha value is -2.80. The molecule has 0 radical (unpaired) electrons. The third-order valence-electron chi connectivity index (χ3n) is 3.19. The predicted octanol–water partition coefficient (Wildman–Crippen LogP) is 3.38. The number of benzene rings is 1. The normalized spacial score (nSPS) is 11.6. The standard InChI is InChI=1S/C16H12FN3O2S/c17-11-3-1-2-10(6-11)7-15-12(4-5-23-15)13(21)8-14(22)16-18-9-19-20-16/h1-6,8-9,21H,7H2,(H,18,19,20). The lowest BCUT2D eigenvalue weighted by Gasteiger charge is -2.04. The third kappa shape index (κ3) is 3.51. The van der Waals surface area contributed by atoms with Crippen molar-refractivity contribution >= 4 is 22.9 Å². The van der Waals surface area contributed by atoms with Crippen molar-refractivity contribution in [2.45, 2.75) is 6.42 Å². The number of allylic oxidation sites excluding steroid dienone is 1. The molecule has 2 N–H and O–H groups in total. The van der Waals surface area contributed by atoms with Crippen LogP contribution in [0.3, 0.4) is 0 Å². The lowest BCUT2D eigenvalue weighted by molar-refractivity contribution is 0.103. The second kappa shape index (κ2) is 6.53. The summed E-state index contributed by atoms with van der Waals surface area (Å²) in [4.78, 5) is 16.5. The highest BCUT2D eigenvalue weighted by Gasteiger charge is 2.13. The molecule has 2 aromatic heterocycles. The van der Waals surface area contributed by atoms with Crippen LogP contribution in [0.1, 0.15) is 26.6 Å². The molecule has 2 heterocycles. The molecule has 0 atom stereocenters. The maximum atomic E-state index is 13.3. The first-order valence-electron chi connectivity index (χ1n) is 6.75. The van der Waals surface area contributed by atoms with Crippen LogP contribution in [0.25, 0.3) is 5.76 Å². The first kappa shape index (κ1) is 15.1. The first-order chi connectivity index (χ1) is 11.1. The minimum absolute atomic E-state index is 0.0541. The van der Waals surface area contributed by atoms with Gasteiger partial charge in [0, 0.05) is 22.9 Å². The molecule has 0 aliphatic heterocycles. The Bertz CT molecular complexity index is 856. The Kier molecular flexibility index (Phi) is 4.29. The highest BCUT2D eigenvalue weighted by molar-refractivity contribution is 7.10. The Balaban J connectivity index is 1.84. The van der Waals surface area contributed by atoms with E-state index in [0.717, 1.165) is 16.5 Å². The van der Waals surface area contributed by atoms with Gasteiger partial charge in [0.1, 0.15) is 17.9 Å². The molecule has 3 aromatic rings. The van der Waals surface area contributed by atoms with Crippen LogP contribution >= 0.6 is 11.3 Å². The number of hydrogen-bond donors (Lipinski definition) is 2. The fraction of sp³-hybridized carbons (Fsp3) is 0.0625. The molecular formula is C16H12FN3O2S. The number of nitrogens with zero attached hydrogens (tertiary/aromatic N) is 2. The van der Waals surface area contributed by atoms with E-state index in [4.69, 9.17) is 0 Å². The molecule has 5 nitrogen and oxygen atoms in total. The summed E-state index contributed by atoms with van der Waals surface area (Å²) in [6, 6.07) is 8.00. The summed E-state index contributed by atoms with van der Waals surface area (Å²) in [6.07, 6.45) is 2.79. The largest absolute Gasteiger partial charge is 0.507 e. The Morgan fingerprint density at radius 2 is 2.26 bits per heavy atom. The molecule has 0 aliphatic carbocycles. The van der Waals surface area contributed by atoms with Crippen molar-refractivity contribution in [1.82, 2.24) is 15.2 Å². The van der Waals surface area contributed by atoms with Gasteiger partial charge in [0.2, 0.25) is 5.78 Å². The molecule has 3 rings (SSSR count). The van der Waals surface area contributed by atoms with Gasteiger partial charge in [-0.05, 0) is 29.1 Å². The van der Waals surface area contributed by atoms with E-state index in [1.54, 1.807) is 12.1 Å². The summed E-state index contributed by atoms with van der Waals surface area (Å²) in [5.41, 5.74) is 1.34. The SMILES string of the molecule is O=C(C=C(O)c1ccsc1Cc1cccc(F)c1)c1ncn[nH]1. The zero-order chi connectivity index (χ0) is 16.2. The van der Waals surface area contributed by atoms with E-state index < -0.39 is 5.78 Å². The molecule has 7 heteroatoms. The van der Waals surface area contributed by atoms with E-state index in [1.807, 2.05) is 11.4 Å². The molecule has 0 spiro atoms. The first-order valence-corrected chi connectivity index (χ1v) is 7.63. The van der Waals surface area contributed by atoms with Gasteiger partial charge >= 0.3 is 0 Å². The molecule has 23 heavy (non-hydrogen) atoms. The number of H-pyrrole nitrogens is 1.